The van der Waals surface area contributed by atoms with Gasteiger partial charge in [-0.25, -0.2) is 0 Å². The maximum absolute atomic E-state index is 11.0. The van der Waals surface area contributed by atoms with E-state index >= 15 is 0 Å². The van der Waals surface area contributed by atoms with Crippen LogP contribution in [0.15, 0.2) is 41.0 Å². The van der Waals surface area contributed by atoms with Crippen LogP contribution in [0.2, 0.25) is 0 Å². The van der Waals surface area contributed by atoms with Crippen molar-refractivity contribution in [1.29, 1.82) is 0 Å². The molecule has 1 aliphatic rings. The number of carbonyl (C=O) groups excluding carboxylic acids is 1. The van der Waals surface area contributed by atoms with E-state index in [0.717, 1.165) is 36.1 Å². The van der Waals surface area contributed by atoms with Crippen LogP contribution in [0.1, 0.15) is 131 Å². The van der Waals surface area contributed by atoms with Crippen molar-refractivity contribution < 1.29 is 14.3 Å². The molecule has 37 heavy (non-hydrogen) atoms. The summed E-state index contributed by atoms with van der Waals surface area (Å²) in [7, 11) is 0. The Hall–Kier alpha value is -2.29. The molecule has 0 radical (unpaired) electrons. The number of aryl methyl sites for hydroxylation is 1. The van der Waals surface area contributed by atoms with E-state index < -0.39 is 0 Å². The lowest BCUT2D eigenvalue weighted by Crippen LogP contribution is -2.21. The molecule has 0 bridgehead atoms. The fourth-order valence-corrected chi connectivity index (χ4v) is 3.95. The summed E-state index contributed by atoms with van der Waals surface area (Å²) in [6.07, 6.45) is 15.3. The summed E-state index contributed by atoms with van der Waals surface area (Å²) in [5.41, 5.74) is 7.72. The molecular formula is C34H58O3. The van der Waals surface area contributed by atoms with Gasteiger partial charge in [-0.15, -0.1) is 0 Å². The fraction of sp³-hybridized carbons (Fsp3) is 0.618. The zero-order chi connectivity index (χ0) is 29.0. The summed E-state index contributed by atoms with van der Waals surface area (Å²) in [5, 5.41) is 0. The molecule has 1 aromatic rings. The smallest absolute Gasteiger partial charge is 0.308 e. The fourth-order valence-electron chi connectivity index (χ4n) is 3.95. The normalized spacial score (nSPS) is 14.2. The average molecular weight is 515 g/mol. The Balaban J connectivity index is 0. The number of benzene rings is 1. The molecule has 0 fully saturated rings. The average Bonchev–Trinajstić information content (AvgIpc) is 2.85. The van der Waals surface area contributed by atoms with Gasteiger partial charge in [-0.2, -0.15) is 0 Å². The Morgan fingerprint density at radius 2 is 1.49 bits per heavy atom. The third-order valence-electron chi connectivity index (χ3n) is 5.85. The standard InChI is InChI=1S/C16H28.C14H18O3.2C2H6/c1-6-9-15(4)12-8-13-16(5)11-7-10-14(2)3;1-8-7-13(17-11(4)15)10(3)12-6-5-9(2)16-14(8)12;2*1-2/h9-10,13H,6-8,11-12H2,1-5H3;7,9H,5-6H2,1-4H3;2*1-2H3/b15-9+,16-13+;;;. The topological polar surface area (TPSA) is 35.5 Å². The van der Waals surface area contributed by atoms with Gasteiger partial charge < -0.3 is 9.47 Å². The molecule has 0 saturated heterocycles. The molecule has 3 nitrogen and oxygen atoms in total. The number of carbonyl (C=O) groups is 1. The quantitative estimate of drug-likeness (QED) is 0.196. The lowest BCUT2D eigenvalue weighted by atomic mass is 9.95. The van der Waals surface area contributed by atoms with Crippen LogP contribution in [-0.4, -0.2) is 12.1 Å². The summed E-state index contributed by atoms with van der Waals surface area (Å²) in [6.45, 7) is 26.5. The number of hydrogen-bond acceptors (Lipinski definition) is 3. The lowest BCUT2D eigenvalue weighted by molar-refractivity contribution is -0.131. The van der Waals surface area contributed by atoms with Crippen LogP contribution in [-0.2, 0) is 11.2 Å². The third kappa shape index (κ3) is 16.2. The summed E-state index contributed by atoms with van der Waals surface area (Å²) in [4.78, 5) is 11.0. The van der Waals surface area contributed by atoms with Crippen molar-refractivity contribution in [1.82, 2.24) is 0 Å². The van der Waals surface area contributed by atoms with E-state index in [-0.39, 0.29) is 12.1 Å². The number of rotatable bonds is 8. The highest BCUT2D eigenvalue weighted by molar-refractivity contribution is 5.70. The highest BCUT2D eigenvalue weighted by atomic mass is 16.5. The predicted octanol–water partition coefficient (Wildman–Crippen LogP) is 10.8. The van der Waals surface area contributed by atoms with Gasteiger partial charge in [0.1, 0.15) is 11.5 Å². The van der Waals surface area contributed by atoms with E-state index in [0.29, 0.717) is 5.75 Å². The van der Waals surface area contributed by atoms with E-state index in [1.807, 2.05) is 47.6 Å². The van der Waals surface area contributed by atoms with Crippen LogP contribution in [0.5, 0.6) is 11.5 Å². The Labute approximate surface area is 230 Å². The molecule has 212 valence electrons. The van der Waals surface area contributed by atoms with E-state index in [2.05, 4.69) is 59.8 Å². The minimum atomic E-state index is -0.280. The molecule has 2 rings (SSSR count). The zero-order valence-corrected chi connectivity index (χ0v) is 26.6. The second-order valence-corrected chi connectivity index (χ2v) is 9.55. The highest BCUT2D eigenvalue weighted by Gasteiger charge is 2.22. The molecule has 0 aromatic heterocycles. The molecule has 1 heterocycles. The van der Waals surface area contributed by atoms with Gasteiger partial charge in [-0.05, 0) is 111 Å². The van der Waals surface area contributed by atoms with Gasteiger partial charge in [-0.1, -0.05) is 69.6 Å². The minimum absolute atomic E-state index is 0.264. The molecule has 1 aromatic carbocycles. The number of allylic oxidation sites excluding steroid dienone is 6. The first-order chi connectivity index (χ1) is 17.5. The first-order valence-electron chi connectivity index (χ1n) is 14.5. The van der Waals surface area contributed by atoms with Gasteiger partial charge in [0.05, 0.1) is 6.10 Å². The second-order valence-electron chi connectivity index (χ2n) is 9.55. The molecular weight excluding hydrogens is 456 g/mol. The van der Waals surface area contributed by atoms with Crippen molar-refractivity contribution in [2.75, 3.05) is 0 Å². The monoisotopic (exact) mass is 514 g/mol. The summed E-state index contributed by atoms with van der Waals surface area (Å²) in [6, 6.07) is 1.88. The van der Waals surface area contributed by atoms with Gasteiger partial charge >= 0.3 is 5.97 Å². The van der Waals surface area contributed by atoms with Gasteiger partial charge in [0, 0.05) is 12.5 Å². The van der Waals surface area contributed by atoms with Gasteiger partial charge in [-0.3, -0.25) is 4.79 Å². The van der Waals surface area contributed by atoms with E-state index in [9.17, 15) is 4.79 Å². The van der Waals surface area contributed by atoms with Gasteiger partial charge in [0.25, 0.3) is 0 Å². The van der Waals surface area contributed by atoms with E-state index in [1.165, 1.54) is 54.9 Å². The Morgan fingerprint density at radius 1 is 0.946 bits per heavy atom. The van der Waals surface area contributed by atoms with Crippen LogP contribution in [0.3, 0.4) is 0 Å². The van der Waals surface area contributed by atoms with Crippen LogP contribution in [0.4, 0.5) is 0 Å². The van der Waals surface area contributed by atoms with Crippen molar-refractivity contribution in [3.63, 3.8) is 0 Å². The molecule has 0 amide bonds. The predicted molar refractivity (Wildman–Crippen MR) is 164 cm³/mol. The van der Waals surface area contributed by atoms with Crippen molar-refractivity contribution in [3.05, 3.63) is 57.7 Å². The van der Waals surface area contributed by atoms with Crippen LogP contribution in [0.25, 0.3) is 0 Å². The second kappa shape index (κ2) is 21.8. The SMILES string of the molecule is CC.CC.CC(=O)Oc1cc(C)c2c(c1C)CCC(C)O2.CC/C=C(\C)CC/C=C(\C)CCC=C(C)C. The summed E-state index contributed by atoms with van der Waals surface area (Å²) in [5.74, 6) is 1.35. The summed E-state index contributed by atoms with van der Waals surface area (Å²) < 4.78 is 11.1. The number of fused-ring (bicyclic) bond motifs is 1. The van der Waals surface area contributed by atoms with Crippen LogP contribution < -0.4 is 9.47 Å². The lowest BCUT2D eigenvalue weighted by Gasteiger charge is -2.27. The van der Waals surface area contributed by atoms with Crippen molar-refractivity contribution in [2.24, 2.45) is 0 Å². The molecule has 1 aliphatic heterocycles. The van der Waals surface area contributed by atoms with Crippen molar-refractivity contribution in [2.45, 2.75) is 141 Å². The highest BCUT2D eigenvalue weighted by Crippen LogP contribution is 2.38. The number of hydrogen-bond donors (Lipinski definition) is 0. The molecule has 1 unspecified atom stereocenters. The first-order valence-corrected chi connectivity index (χ1v) is 14.5. The first kappa shape index (κ1) is 36.9. The maximum Gasteiger partial charge on any atom is 0.308 e. The van der Waals surface area contributed by atoms with E-state index in [4.69, 9.17) is 9.47 Å². The van der Waals surface area contributed by atoms with Crippen LogP contribution in [0, 0.1) is 13.8 Å². The Bertz CT molecular complexity index is 868. The summed E-state index contributed by atoms with van der Waals surface area (Å²) >= 11 is 0. The maximum atomic E-state index is 11.0. The number of esters is 1. The third-order valence-corrected chi connectivity index (χ3v) is 5.85. The van der Waals surface area contributed by atoms with Crippen molar-refractivity contribution >= 4 is 5.97 Å². The van der Waals surface area contributed by atoms with Gasteiger partial charge in [0.15, 0.2) is 0 Å². The molecule has 0 N–H and O–H groups in total. The molecule has 0 spiro atoms. The zero-order valence-electron chi connectivity index (χ0n) is 26.6. The van der Waals surface area contributed by atoms with Gasteiger partial charge in [0.2, 0.25) is 0 Å². The minimum Gasteiger partial charge on any atom is -0.490 e. The van der Waals surface area contributed by atoms with Crippen LogP contribution >= 0.6 is 0 Å². The Kier molecular flexibility index (Phi) is 21.7. The molecule has 0 aliphatic carbocycles. The van der Waals surface area contributed by atoms with E-state index in [1.54, 1.807) is 0 Å². The largest absolute Gasteiger partial charge is 0.490 e. The number of ether oxygens (including phenoxy) is 2. The Morgan fingerprint density at radius 3 is 2.00 bits per heavy atom. The molecule has 0 saturated carbocycles. The van der Waals surface area contributed by atoms with Crippen molar-refractivity contribution in [3.8, 4) is 11.5 Å². The molecule has 3 heteroatoms. The molecule has 1 atom stereocenters.